The Balaban J connectivity index is 1.13. The fraction of sp³-hybridized carbons (Fsp3) is 0. The number of hydrogen-bond acceptors (Lipinski definition) is 4. The molecule has 0 spiro atoms. The third-order valence-electron chi connectivity index (χ3n) is 14.7. The van der Waals surface area contributed by atoms with Crippen LogP contribution in [0.15, 0.2) is 280 Å². The molecular weight excluding hydrogens is 963 g/mol. The second-order valence-corrected chi connectivity index (χ2v) is 22.7. The summed E-state index contributed by atoms with van der Waals surface area (Å²) in [6.07, 6.45) is 0. The fourth-order valence-electron chi connectivity index (χ4n) is 11.3. The number of benzene rings is 11. The molecule has 0 saturated heterocycles. The van der Waals surface area contributed by atoms with Gasteiger partial charge in [-0.15, -0.1) is 0 Å². The Morgan fingerprint density at radius 1 is 0.240 bits per heavy atom. The maximum atomic E-state index is 13.8. The van der Waals surface area contributed by atoms with Gasteiger partial charge in [-0.05, 0) is 138 Å². The molecule has 7 nitrogen and oxygen atoms in total. The molecule has 0 N–H and O–H groups in total. The van der Waals surface area contributed by atoms with E-state index >= 15 is 0 Å². The average Bonchev–Trinajstić information content (AvgIpc) is 4.18. The Morgan fingerprint density at radius 3 is 0.893 bits per heavy atom. The second kappa shape index (κ2) is 17.2. The Morgan fingerprint density at radius 2 is 0.520 bits per heavy atom. The number of sulfone groups is 2. The second-order valence-electron chi connectivity index (χ2n) is 18.8. The van der Waals surface area contributed by atoms with E-state index in [1.54, 1.807) is 72.8 Å². The largest absolute Gasteiger partial charge is 0.308 e. The molecule has 14 aromatic rings. The molecule has 0 aliphatic heterocycles. The molecule has 0 radical (unpaired) electrons. The number of rotatable bonds is 9. The Labute approximate surface area is 432 Å². The zero-order valence-electron chi connectivity index (χ0n) is 40.1. The van der Waals surface area contributed by atoms with Gasteiger partial charge >= 0.3 is 0 Å². The Kier molecular flexibility index (Phi) is 10.2. The van der Waals surface area contributed by atoms with Gasteiger partial charge in [0.15, 0.2) is 0 Å². The van der Waals surface area contributed by atoms with Crippen LogP contribution in [0, 0.1) is 0 Å². The van der Waals surface area contributed by atoms with Gasteiger partial charge in [-0.2, -0.15) is 0 Å². The number of para-hydroxylation sites is 4. The van der Waals surface area contributed by atoms with Crippen molar-refractivity contribution in [3.8, 4) is 39.3 Å². The first-order valence-electron chi connectivity index (χ1n) is 24.7. The van der Waals surface area contributed by atoms with E-state index < -0.39 is 19.7 Å². The van der Waals surface area contributed by atoms with E-state index in [4.69, 9.17) is 0 Å². The van der Waals surface area contributed by atoms with Crippen LogP contribution < -0.4 is 0 Å². The van der Waals surface area contributed by atoms with Crippen LogP contribution in [-0.2, 0) is 19.7 Å². The predicted octanol–water partition coefficient (Wildman–Crippen LogP) is 16.0. The van der Waals surface area contributed by atoms with Crippen LogP contribution in [0.2, 0.25) is 0 Å². The van der Waals surface area contributed by atoms with Gasteiger partial charge in [0, 0.05) is 49.4 Å². The molecule has 14 rings (SSSR count). The van der Waals surface area contributed by atoms with Gasteiger partial charge in [-0.25, -0.2) is 16.8 Å². The van der Waals surface area contributed by atoms with Gasteiger partial charge in [0.25, 0.3) is 0 Å². The van der Waals surface area contributed by atoms with Gasteiger partial charge in [0.05, 0.1) is 52.7 Å². The lowest BCUT2D eigenvalue weighted by atomic mass is 9.98. The molecule has 0 bridgehead atoms. The average molecular weight is 1010 g/mol. The number of hydrogen-bond donors (Lipinski definition) is 0. The number of aromatic nitrogens is 3. The van der Waals surface area contributed by atoms with E-state index in [0.29, 0.717) is 0 Å². The van der Waals surface area contributed by atoms with Crippen molar-refractivity contribution >= 4 is 85.1 Å². The molecule has 0 amide bonds. The van der Waals surface area contributed by atoms with Crippen LogP contribution in [0.5, 0.6) is 0 Å². The minimum Gasteiger partial charge on any atom is -0.308 e. The van der Waals surface area contributed by atoms with E-state index in [9.17, 15) is 16.8 Å². The first-order valence-corrected chi connectivity index (χ1v) is 27.7. The summed E-state index contributed by atoms with van der Waals surface area (Å²) in [6, 6.07) is 85.1. The summed E-state index contributed by atoms with van der Waals surface area (Å²) in [5, 5.41) is 6.40. The number of fused-ring (bicyclic) bond motifs is 12. The third-order valence-corrected chi connectivity index (χ3v) is 18.2. The predicted molar refractivity (Wildman–Crippen MR) is 304 cm³/mol. The zero-order valence-corrected chi connectivity index (χ0v) is 41.8. The van der Waals surface area contributed by atoms with Crippen molar-refractivity contribution in [3.63, 3.8) is 0 Å². The monoisotopic (exact) mass is 1010 g/mol. The molecule has 358 valence electrons. The molecule has 75 heavy (non-hydrogen) atoms. The summed E-state index contributed by atoms with van der Waals surface area (Å²) in [6.45, 7) is 0. The zero-order chi connectivity index (χ0) is 50.4. The normalized spacial score (nSPS) is 12.2. The lowest BCUT2D eigenvalue weighted by molar-refractivity contribution is 0.594. The summed E-state index contributed by atoms with van der Waals surface area (Å²) >= 11 is 0. The maximum Gasteiger partial charge on any atom is 0.206 e. The minimum absolute atomic E-state index is 0.234. The van der Waals surface area contributed by atoms with Crippen LogP contribution in [0.1, 0.15) is 0 Å². The summed E-state index contributed by atoms with van der Waals surface area (Å²) < 4.78 is 62.2. The summed E-state index contributed by atoms with van der Waals surface area (Å²) in [5.41, 5.74) is 12.9. The molecule has 3 heterocycles. The molecular formula is C66H43N3O4S2. The van der Waals surface area contributed by atoms with E-state index in [1.807, 2.05) is 48.5 Å². The highest BCUT2D eigenvalue weighted by Gasteiger charge is 2.30. The van der Waals surface area contributed by atoms with Gasteiger partial charge in [-0.3, -0.25) is 0 Å². The van der Waals surface area contributed by atoms with Crippen LogP contribution in [0.3, 0.4) is 0 Å². The molecule has 0 aliphatic carbocycles. The maximum absolute atomic E-state index is 13.8. The lowest BCUT2D eigenvalue weighted by Gasteiger charge is -2.13. The van der Waals surface area contributed by atoms with Crippen molar-refractivity contribution < 1.29 is 16.8 Å². The molecule has 3 aromatic heterocycles. The quantitative estimate of drug-likeness (QED) is 0.144. The van der Waals surface area contributed by atoms with Crippen LogP contribution in [0.4, 0.5) is 0 Å². The Hall–Kier alpha value is -9.28. The highest BCUT2D eigenvalue weighted by molar-refractivity contribution is 7.91. The van der Waals surface area contributed by atoms with Crippen molar-refractivity contribution in [1.82, 2.24) is 13.7 Å². The number of nitrogens with zero attached hydrogens (tertiary/aromatic N) is 3. The van der Waals surface area contributed by atoms with Crippen molar-refractivity contribution in [2.45, 2.75) is 19.6 Å². The van der Waals surface area contributed by atoms with Gasteiger partial charge in [-0.1, -0.05) is 146 Å². The van der Waals surface area contributed by atoms with Crippen LogP contribution in [0.25, 0.3) is 105 Å². The van der Waals surface area contributed by atoms with E-state index in [0.717, 1.165) is 105 Å². The van der Waals surface area contributed by atoms with E-state index in [-0.39, 0.29) is 19.6 Å². The molecule has 0 saturated carbocycles. The van der Waals surface area contributed by atoms with Crippen molar-refractivity contribution in [3.05, 3.63) is 261 Å². The highest BCUT2D eigenvalue weighted by Crippen LogP contribution is 2.51. The SMILES string of the molecule is O=S(=O)(c1ccccc1)c1ccc(-c2ccc3c(c2)c2c(c4c5ccccc5n(-c5ccccc5)c4c4c5cc(-c6ccc(S(=O)(=O)c7ccccc7)cc6)ccc5n(-c5ccccc5)c42)n3-c2ccccc2)cc1. The van der Waals surface area contributed by atoms with E-state index in [2.05, 4.69) is 153 Å². The van der Waals surface area contributed by atoms with Crippen molar-refractivity contribution in [2.75, 3.05) is 0 Å². The van der Waals surface area contributed by atoms with Crippen molar-refractivity contribution in [2.24, 2.45) is 0 Å². The van der Waals surface area contributed by atoms with Crippen LogP contribution >= 0.6 is 0 Å². The topological polar surface area (TPSA) is 83.1 Å². The van der Waals surface area contributed by atoms with Crippen molar-refractivity contribution in [1.29, 1.82) is 0 Å². The molecule has 0 aliphatic rings. The summed E-state index contributed by atoms with van der Waals surface area (Å²) in [4.78, 5) is 0.978. The summed E-state index contributed by atoms with van der Waals surface area (Å²) in [7, 11) is -7.45. The van der Waals surface area contributed by atoms with Gasteiger partial charge < -0.3 is 13.7 Å². The molecule has 0 atom stereocenters. The molecule has 0 unspecified atom stereocenters. The van der Waals surface area contributed by atoms with Gasteiger partial charge in [0.2, 0.25) is 19.7 Å². The van der Waals surface area contributed by atoms with E-state index in [1.165, 1.54) is 0 Å². The fourth-order valence-corrected chi connectivity index (χ4v) is 13.8. The third kappa shape index (κ3) is 6.93. The smallest absolute Gasteiger partial charge is 0.206 e. The summed E-state index contributed by atoms with van der Waals surface area (Å²) in [5.74, 6) is 0. The first-order chi connectivity index (χ1) is 36.8. The lowest BCUT2D eigenvalue weighted by Crippen LogP contribution is -2.01. The minimum atomic E-state index is -3.73. The molecule has 9 heteroatoms. The first kappa shape index (κ1) is 44.4. The standard InChI is InChI=1S/C66H43N3O4S2/c70-74(71,51-24-12-4-13-25-51)53-36-30-44(31-37-53)46-34-40-59-56(42-46)63-65(68(59)49-20-8-2-9-21-49)61-55-28-16-17-29-58(55)67(48-18-6-1-7-19-48)64(61)62-57-43-47(35-41-60(57)69(66(62)63)50-22-10-3-11-23-50)45-32-38-54(39-33-45)75(72,73)52-26-14-5-15-27-52/h1-43H. The van der Waals surface area contributed by atoms with Gasteiger partial charge in [0.1, 0.15) is 0 Å². The highest BCUT2D eigenvalue weighted by atomic mass is 32.2. The molecule has 0 fully saturated rings. The van der Waals surface area contributed by atoms with Crippen LogP contribution in [-0.4, -0.2) is 30.5 Å². The Bertz CT molecular complexity index is 4630. The molecule has 11 aromatic carbocycles.